The van der Waals surface area contributed by atoms with Gasteiger partial charge >= 0.3 is 0 Å². The molecule has 0 atom stereocenters. The fraction of sp³-hybridized carbons (Fsp3) is 0.190. The quantitative estimate of drug-likeness (QED) is 0.663. The molecule has 0 saturated heterocycles. The Morgan fingerprint density at radius 2 is 1.68 bits per heavy atom. The molecule has 1 aromatic heterocycles. The summed E-state index contributed by atoms with van der Waals surface area (Å²) < 4.78 is 26.6. The minimum Gasteiger partial charge on any atom is -0.337 e. The lowest BCUT2D eigenvalue weighted by Gasteiger charge is -2.19. The van der Waals surface area contributed by atoms with Crippen LogP contribution in [0.3, 0.4) is 0 Å². The number of nitrogens with zero attached hydrogens (tertiary/aromatic N) is 2. The molecular formula is C21H20F2N4O. The van der Waals surface area contributed by atoms with E-state index in [1.165, 1.54) is 18.5 Å². The minimum atomic E-state index is -0.748. The van der Waals surface area contributed by atoms with Crippen molar-refractivity contribution in [2.75, 3.05) is 10.6 Å². The summed E-state index contributed by atoms with van der Waals surface area (Å²) in [4.78, 5) is 20.4. The molecular weight excluding hydrogens is 362 g/mol. The van der Waals surface area contributed by atoms with E-state index in [2.05, 4.69) is 41.4 Å². The topological polar surface area (TPSA) is 66.9 Å². The number of carbonyl (C=O) groups is 1. The van der Waals surface area contributed by atoms with Gasteiger partial charge in [0.15, 0.2) is 0 Å². The van der Waals surface area contributed by atoms with Gasteiger partial charge in [-0.05, 0) is 35.2 Å². The molecule has 3 aromatic rings. The highest BCUT2D eigenvalue weighted by molar-refractivity contribution is 6.02. The molecule has 144 valence electrons. The molecule has 0 aliphatic rings. The van der Waals surface area contributed by atoms with Crippen molar-refractivity contribution in [3.63, 3.8) is 0 Å². The highest BCUT2D eigenvalue weighted by atomic mass is 19.1. The molecule has 3 rings (SSSR count). The summed E-state index contributed by atoms with van der Waals surface area (Å²) in [6.07, 6.45) is 2.59. The molecule has 0 saturated carbocycles. The van der Waals surface area contributed by atoms with E-state index in [1.807, 2.05) is 24.3 Å². The molecule has 28 heavy (non-hydrogen) atoms. The van der Waals surface area contributed by atoms with Gasteiger partial charge in [0, 0.05) is 11.8 Å². The Morgan fingerprint density at radius 1 is 0.964 bits per heavy atom. The number of hydrogen-bond acceptors (Lipinski definition) is 4. The number of benzene rings is 2. The van der Waals surface area contributed by atoms with Crippen LogP contribution in [0, 0.1) is 11.6 Å². The predicted molar refractivity (Wildman–Crippen MR) is 105 cm³/mol. The first-order valence-corrected chi connectivity index (χ1v) is 8.68. The van der Waals surface area contributed by atoms with Gasteiger partial charge in [-0.25, -0.2) is 18.7 Å². The van der Waals surface area contributed by atoms with E-state index in [0.717, 1.165) is 17.7 Å². The molecule has 0 bridgehead atoms. The van der Waals surface area contributed by atoms with Gasteiger partial charge < -0.3 is 10.6 Å². The zero-order valence-electron chi connectivity index (χ0n) is 15.8. The molecule has 1 heterocycles. The first-order chi connectivity index (χ1) is 13.2. The zero-order valence-corrected chi connectivity index (χ0v) is 15.8. The average molecular weight is 382 g/mol. The Hall–Kier alpha value is -3.35. The lowest BCUT2D eigenvalue weighted by molar-refractivity contribution is 0.102. The van der Waals surface area contributed by atoms with E-state index < -0.39 is 17.5 Å². The van der Waals surface area contributed by atoms with Crippen LogP contribution in [0.2, 0.25) is 0 Å². The SMILES string of the molecule is CC(C)(C)c1ccc(NC(=O)c2cnc(Nc3ccc(F)cc3F)cn2)cc1. The molecule has 0 aliphatic carbocycles. The zero-order chi connectivity index (χ0) is 20.3. The van der Waals surface area contributed by atoms with E-state index in [0.29, 0.717) is 5.69 Å². The normalized spacial score (nSPS) is 11.2. The number of carbonyl (C=O) groups excluding carboxylic acids is 1. The Labute approximate surface area is 161 Å². The molecule has 2 N–H and O–H groups in total. The summed E-state index contributed by atoms with van der Waals surface area (Å²) in [5.41, 5.74) is 2.02. The first kappa shape index (κ1) is 19.4. The number of hydrogen-bond donors (Lipinski definition) is 2. The van der Waals surface area contributed by atoms with E-state index in [9.17, 15) is 13.6 Å². The number of nitrogens with one attached hydrogen (secondary N) is 2. The maximum Gasteiger partial charge on any atom is 0.275 e. The van der Waals surface area contributed by atoms with Crippen molar-refractivity contribution >= 4 is 23.1 Å². The van der Waals surface area contributed by atoms with Crippen LogP contribution in [0.5, 0.6) is 0 Å². The van der Waals surface area contributed by atoms with Crippen molar-refractivity contribution in [3.8, 4) is 0 Å². The average Bonchev–Trinajstić information content (AvgIpc) is 2.64. The van der Waals surface area contributed by atoms with Gasteiger partial charge in [-0.1, -0.05) is 32.9 Å². The van der Waals surface area contributed by atoms with E-state index in [4.69, 9.17) is 0 Å². The second-order valence-electron chi connectivity index (χ2n) is 7.32. The van der Waals surface area contributed by atoms with Crippen molar-refractivity contribution in [1.29, 1.82) is 0 Å². The number of halogens is 2. The smallest absolute Gasteiger partial charge is 0.275 e. The molecule has 0 radical (unpaired) electrons. The fourth-order valence-corrected chi connectivity index (χ4v) is 2.49. The van der Waals surface area contributed by atoms with Crippen LogP contribution >= 0.6 is 0 Å². The van der Waals surface area contributed by atoms with Crippen LogP contribution in [0.15, 0.2) is 54.9 Å². The summed E-state index contributed by atoms with van der Waals surface area (Å²) in [5.74, 6) is -1.59. The number of anilines is 3. The van der Waals surface area contributed by atoms with E-state index >= 15 is 0 Å². The molecule has 2 aromatic carbocycles. The predicted octanol–water partition coefficient (Wildman–Crippen LogP) is 5.05. The van der Waals surface area contributed by atoms with Crippen molar-refractivity contribution in [1.82, 2.24) is 9.97 Å². The Kier molecular flexibility index (Phi) is 5.35. The van der Waals surface area contributed by atoms with Crippen molar-refractivity contribution < 1.29 is 13.6 Å². The number of aromatic nitrogens is 2. The molecule has 0 spiro atoms. The minimum absolute atomic E-state index is 0.0286. The van der Waals surface area contributed by atoms with Crippen LogP contribution in [0.4, 0.5) is 26.0 Å². The van der Waals surface area contributed by atoms with Gasteiger partial charge in [-0.3, -0.25) is 4.79 Å². The van der Waals surface area contributed by atoms with Crippen LogP contribution in [-0.2, 0) is 5.41 Å². The molecule has 0 fully saturated rings. The van der Waals surface area contributed by atoms with Crippen molar-refractivity contribution in [3.05, 3.63) is 77.8 Å². The first-order valence-electron chi connectivity index (χ1n) is 8.68. The summed E-state index contributed by atoms with van der Waals surface area (Å²) >= 11 is 0. The summed E-state index contributed by atoms with van der Waals surface area (Å²) in [6.45, 7) is 6.34. The third-order valence-electron chi connectivity index (χ3n) is 4.09. The van der Waals surface area contributed by atoms with Crippen molar-refractivity contribution in [2.45, 2.75) is 26.2 Å². The van der Waals surface area contributed by atoms with Gasteiger partial charge in [-0.15, -0.1) is 0 Å². The Bertz CT molecular complexity index is 981. The van der Waals surface area contributed by atoms with Crippen molar-refractivity contribution in [2.24, 2.45) is 0 Å². The second-order valence-corrected chi connectivity index (χ2v) is 7.32. The van der Waals surface area contributed by atoms with Gasteiger partial charge in [-0.2, -0.15) is 0 Å². The second kappa shape index (κ2) is 7.72. The lowest BCUT2D eigenvalue weighted by Crippen LogP contribution is -2.15. The molecule has 1 amide bonds. The van der Waals surface area contributed by atoms with Crippen LogP contribution in [-0.4, -0.2) is 15.9 Å². The van der Waals surface area contributed by atoms with Gasteiger partial charge in [0.25, 0.3) is 5.91 Å². The van der Waals surface area contributed by atoms with Crippen LogP contribution in [0.25, 0.3) is 0 Å². The largest absolute Gasteiger partial charge is 0.337 e. The maximum atomic E-state index is 13.7. The number of amides is 1. The lowest BCUT2D eigenvalue weighted by atomic mass is 9.87. The molecule has 0 unspecified atom stereocenters. The summed E-state index contributed by atoms with van der Waals surface area (Å²) in [7, 11) is 0. The molecule has 0 aliphatic heterocycles. The van der Waals surface area contributed by atoms with Crippen LogP contribution < -0.4 is 10.6 Å². The summed E-state index contributed by atoms with van der Waals surface area (Å²) in [5, 5.41) is 5.45. The fourth-order valence-electron chi connectivity index (χ4n) is 2.49. The number of rotatable bonds is 4. The van der Waals surface area contributed by atoms with E-state index in [-0.39, 0.29) is 22.6 Å². The van der Waals surface area contributed by atoms with Gasteiger partial charge in [0.2, 0.25) is 0 Å². The van der Waals surface area contributed by atoms with Gasteiger partial charge in [0.05, 0.1) is 18.1 Å². The van der Waals surface area contributed by atoms with Gasteiger partial charge in [0.1, 0.15) is 23.1 Å². The Balaban J connectivity index is 1.66. The Morgan fingerprint density at radius 3 is 2.25 bits per heavy atom. The highest BCUT2D eigenvalue weighted by Gasteiger charge is 2.14. The standard InChI is InChI=1S/C21H20F2N4O/c1-21(2,3)13-4-7-15(8-5-13)26-20(28)18-11-25-19(12-24-18)27-17-9-6-14(22)10-16(17)23/h4-12H,1-3H3,(H,25,27)(H,26,28). The maximum absolute atomic E-state index is 13.7. The third-order valence-corrected chi connectivity index (χ3v) is 4.09. The highest BCUT2D eigenvalue weighted by Crippen LogP contribution is 2.24. The third kappa shape index (κ3) is 4.68. The molecule has 5 nitrogen and oxygen atoms in total. The summed E-state index contributed by atoms with van der Waals surface area (Å²) in [6, 6.07) is 10.7. The van der Waals surface area contributed by atoms with E-state index in [1.54, 1.807) is 0 Å². The van der Waals surface area contributed by atoms with Crippen LogP contribution in [0.1, 0.15) is 36.8 Å². The molecule has 7 heteroatoms. The monoisotopic (exact) mass is 382 g/mol.